The van der Waals surface area contributed by atoms with Crippen molar-refractivity contribution < 1.29 is 18.3 Å². The number of phenolic OH excluding ortho intramolecular Hbond substituents is 1. The van der Waals surface area contributed by atoms with Crippen molar-refractivity contribution in [1.82, 2.24) is 4.90 Å². The Labute approximate surface area is 147 Å². The summed E-state index contributed by atoms with van der Waals surface area (Å²) in [4.78, 5) is 14.6. The highest BCUT2D eigenvalue weighted by Crippen LogP contribution is 2.23. The zero-order valence-electron chi connectivity index (χ0n) is 14.1. The summed E-state index contributed by atoms with van der Waals surface area (Å²) in [5, 5.41) is 9.34. The van der Waals surface area contributed by atoms with Crippen molar-refractivity contribution in [2.24, 2.45) is 5.92 Å². The van der Waals surface area contributed by atoms with E-state index in [4.69, 9.17) is 0 Å². The second kappa shape index (κ2) is 6.88. The van der Waals surface area contributed by atoms with E-state index in [1.807, 2.05) is 17.0 Å². The van der Waals surface area contributed by atoms with Crippen LogP contribution in [0.1, 0.15) is 22.3 Å². The van der Waals surface area contributed by atoms with Gasteiger partial charge in [-0.15, -0.1) is 0 Å². The van der Waals surface area contributed by atoms with Crippen LogP contribution in [0.25, 0.3) is 0 Å². The largest absolute Gasteiger partial charge is 0.508 e. The fourth-order valence-corrected chi connectivity index (χ4v) is 3.81. The highest BCUT2D eigenvalue weighted by atomic mass is 32.2. The first kappa shape index (κ1) is 17.5. The Balaban J connectivity index is 1.63. The molecule has 1 fully saturated rings. The smallest absolute Gasteiger partial charge is 0.253 e. The predicted molar refractivity (Wildman–Crippen MR) is 95.4 cm³/mol. The van der Waals surface area contributed by atoms with E-state index in [9.17, 15) is 18.3 Å². The third-order valence-corrected chi connectivity index (χ3v) is 5.69. The molecule has 1 aliphatic heterocycles. The average Bonchev–Trinajstić information content (AvgIpc) is 3.04. The van der Waals surface area contributed by atoms with E-state index in [0.717, 1.165) is 24.7 Å². The van der Waals surface area contributed by atoms with Crippen molar-refractivity contribution in [2.75, 3.05) is 19.3 Å². The van der Waals surface area contributed by atoms with Crippen LogP contribution in [0.15, 0.2) is 53.4 Å². The van der Waals surface area contributed by atoms with Crippen LogP contribution in [0.5, 0.6) is 5.75 Å². The van der Waals surface area contributed by atoms with Crippen LogP contribution in [0.4, 0.5) is 0 Å². The SMILES string of the molecule is CS(=O)(=O)c1ccc(C(=O)N2CCC(Cc3ccc(O)cc3)C2)cc1. The van der Waals surface area contributed by atoms with Gasteiger partial charge in [0, 0.05) is 24.9 Å². The molecule has 1 amide bonds. The molecule has 132 valence electrons. The Hall–Kier alpha value is -2.34. The van der Waals surface area contributed by atoms with Gasteiger partial charge in [-0.25, -0.2) is 8.42 Å². The Morgan fingerprint density at radius 3 is 2.36 bits per heavy atom. The number of aromatic hydroxyl groups is 1. The first-order chi connectivity index (χ1) is 11.8. The van der Waals surface area contributed by atoms with Crippen molar-refractivity contribution in [3.05, 3.63) is 59.7 Å². The second-order valence-electron chi connectivity index (χ2n) is 6.57. The normalized spacial score (nSPS) is 17.6. The first-order valence-electron chi connectivity index (χ1n) is 8.20. The highest BCUT2D eigenvalue weighted by Gasteiger charge is 2.27. The fourth-order valence-electron chi connectivity index (χ4n) is 3.18. The number of sulfone groups is 1. The summed E-state index contributed by atoms with van der Waals surface area (Å²) in [6, 6.07) is 13.3. The molecule has 0 aliphatic carbocycles. The van der Waals surface area contributed by atoms with E-state index in [0.29, 0.717) is 24.6 Å². The van der Waals surface area contributed by atoms with Gasteiger partial charge in [-0.2, -0.15) is 0 Å². The van der Waals surface area contributed by atoms with Crippen LogP contribution in [-0.2, 0) is 16.3 Å². The van der Waals surface area contributed by atoms with Gasteiger partial charge < -0.3 is 10.0 Å². The molecule has 5 nitrogen and oxygen atoms in total. The molecular formula is C19H21NO4S. The molecule has 1 heterocycles. The minimum absolute atomic E-state index is 0.0618. The standard InChI is InChI=1S/C19H21NO4S/c1-25(23,24)18-8-4-16(5-9-18)19(22)20-11-10-15(13-20)12-14-2-6-17(21)7-3-14/h2-9,15,21H,10-13H2,1H3. The van der Waals surface area contributed by atoms with E-state index in [-0.39, 0.29) is 16.6 Å². The molecule has 1 aliphatic rings. The van der Waals surface area contributed by atoms with Gasteiger partial charge >= 0.3 is 0 Å². The topological polar surface area (TPSA) is 74.7 Å². The first-order valence-corrected chi connectivity index (χ1v) is 10.1. The molecule has 6 heteroatoms. The number of phenols is 1. The monoisotopic (exact) mass is 359 g/mol. The van der Waals surface area contributed by atoms with Gasteiger partial charge in [0.1, 0.15) is 5.75 Å². The maximum atomic E-state index is 12.6. The van der Waals surface area contributed by atoms with Gasteiger partial charge in [0.15, 0.2) is 9.84 Å². The van der Waals surface area contributed by atoms with E-state index in [1.165, 1.54) is 12.1 Å². The van der Waals surface area contributed by atoms with Crippen molar-refractivity contribution in [3.63, 3.8) is 0 Å². The lowest BCUT2D eigenvalue weighted by Gasteiger charge is -2.17. The number of likely N-dealkylation sites (tertiary alicyclic amines) is 1. The van der Waals surface area contributed by atoms with Crippen molar-refractivity contribution in [3.8, 4) is 5.75 Å². The van der Waals surface area contributed by atoms with Gasteiger partial charge in [0.05, 0.1) is 4.90 Å². The van der Waals surface area contributed by atoms with Crippen LogP contribution in [-0.4, -0.2) is 43.7 Å². The maximum Gasteiger partial charge on any atom is 0.253 e. The molecule has 0 saturated carbocycles. The zero-order valence-corrected chi connectivity index (χ0v) is 14.9. The second-order valence-corrected chi connectivity index (χ2v) is 8.59. The molecule has 2 aromatic rings. The molecule has 1 saturated heterocycles. The lowest BCUT2D eigenvalue weighted by atomic mass is 9.99. The molecule has 0 bridgehead atoms. The number of rotatable bonds is 4. The van der Waals surface area contributed by atoms with E-state index >= 15 is 0 Å². The van der Waals surface area contributed by atoms with Crippen molar-refractivity contribution >= 4 is 15.7 Å². The molecule has 2 aromatic carbocycles. The average molecular weight is 359 g/mol. The Morgan fingerprint density at radius 2 is 1.76 bits per heavy atom. The lowest BCUT2D eigenvalue weighted by molar-refractivity contribution is 0.0787. The quantitative estimate of drug-likeness (QED) is 0.910. The number of amides is 1. The summed E-state index contributed by atoms with van der Waals surface area (Å²) in [6.45, 7) is 1.39. The number of benzene rings is 2. The third kappa shape index (κ3) is 4.20. The van der Waals surface area contributed by atoms with E-state index in [1.54, 1.807) is 24.3 Å². The van der Waals surface area contributed by atoms with Crippen LogP contribution >= 0.6 is 0 Å². The van der Waals surface area contributed by atoms with Gasteiger partial charge in [0.25, 0.3) is 5.91 Å². The summed E-state index contributed by atoms with van der Waals surface area (Å²) in [5.41, 5.74) is 1.66. The summed E-state index contributed by atoms with van der Waals surface area (Å²) in [7, 11) is -3.25. The molecule has 1 unspecified atom stereocenters. The number of hydrogen-bond donors (Lipinski definition) is 1. The molecule has 0 aromatic heterocycles. The van der Waals surface area contributed by atoms with Crippen molar-refractivity contribution in [1.29, 1.82) is 0 Å². The van der Waals surface area contributed by atoms with E-state index < -0.39 is 9.84 Å². The summed E-state index contributed by atoms with van der Waals surface area (Å²) < 4.78 is 23.0. The van der Waals surface area contributed by atoms with Crippen molar-refractivity contribution in [2.45, 2.75) is 17.7 Å². The number of carbonyl (C=O) groups excluding carboxylic acids is 1. The van der Waals surface area contributed by atoms with E-state index in [2.05, 4.69) is 0 Å². The minimum atomic E-state index is -3.25. The fraction of sp³-hybridized carbons (Fsp3) is 0.316. The summed E-state index contributed by atoms with van der Waals surface area (Å²) in [5.74, 6) is 0.585. The van der Waals surface area contributed by atoms with Gasteiger partial charge in [-0.05, 0) is 60.7 Å². The van der Waals surface area contributed by atoms with Gasteiger partial charge in [0.2, 0.25) is 0 Å². The van der Waals surface area contributed by atoms with Crippen LogP contribution in [0.2, 0.25) is 0 Å². The van der Waals surface area contributed by atoms with Crippen LogP contribution in [0.3, 0.4) is 0 Å². The Bertz CT molecular complexity index is 857. The van der Waals surface area contributed by atoms with Crippen LogP contribution < -0.4 is 0 Å². The van der Waals surface area contributed by atoms with Gasteiger partial charge in [-0.1, -0.05) is 12.1 Å². The molecular weight excluding hydrogens is 338 g/mol. The molecule has 0 spiro atoms. The third-order valence-electron chi connectivity index (χ3n) is 4.56. The molecule has 3 rings (SSSR count). The molecule has 25 heavy (non-hydrogen) atoms. The van der Waals surface area contributed by atoms with Gasteiger partial charge in [-0.3, -0.25) is 4.79 Å². The minimum Gasteiger partial charge on any atom is -0.508 e. The highest BCUT2D eigenvalue weighted by molar-refractivity contribution is 7.90. The Morgan fingerprint density at radius 1 is 1.12 bits per heavy atom. The predicted octanol–water partition coefficient (Wildman–Crippen LogP) is 2.50. The van der Waals surface area contributed by atoms with Crippen LogP contribution in [0, 0.1) is 5.92 Å². The summed E-state index contributed by atoms with van der Waals surface area (Å²) in [6.07, 6.45) is 2.96. The lowest BCUT2D eigenvalue weighted by Crippen LogP contribution is -2.28. The molecule has 0 radical (unpaired) electrons. The number of hydrogen-bond acceptors (Lipinski definition) is 4. The molecule has 1 atom stereocenters. The number of nitrogens with zero attached hydrogens (tertiary/aromatic N) is 1. The number of carbonyl (C=O) groups is 1. The molecule has 1 N–H and O–H groups in total. The zero-order chi connectivity index (χ0) is 18.0. The Kier molecular flexibility index (Phi) is 4.81. The summed E-state index contributed by atoms with van der Waals surface area (Å²) >= 11 is 0. The maximum absolute atomic E-state index is 12.6.